The number of pyridine rings is 1. The molecule has 0 unspecified atom stereocenters. The van der Waals surface area contributed by atoms with Crippen LogP contribution in [0, 0.1) is 0 Å². The van der Waals surface area contributed by atoms with Gasteiger partial charge in [0.15, 0.2) is 0 Å². The van der Waals surface area contributed by atoms with Crippen LogP contribution in [0.25, 0.3) is 10.9 Å². The van der Waals surface area contributed by atoms with Gasteiger partial charge in [-0.05, 0) is 24.3 Å². The lowest BCUT2D eigenvalue weighted by atomic mass is 9.94. The summed E-state index contributed by atoms with van der Waals surface area (Å²) in [4.78, 5) is 4.40. The summed E-state index contributed by atoms with van der Waals surface area (Å²) in [6.45, 7) is 2.30. The first-order valence-electron chi connectivity index (χ1n) is 7.13. The molecule has 1 aromatic heterocycles. The Balaban J connectivity index is 1.83. The van der Waals surface area contributed by atoms with E-state index in [1.54, 1.807) is 7.11 Å². The molecule has 3 rings (SSSR count). The molecular weight excluding hydrogens is 332 g/mol. The highest BCUT2D eigenvalue weighted by Crippen LogP contribution is 2.28. The second-order valence-corrected chi connectivity index (χ2v) is 6.29. The van der Waals surface area contributed by atoms with E-state index in [2.05, 4.69) is 32.3 Å². The van der Waals surface area contributed by atoms with Crippen LogP contribution in [0.3, 0.4) is 0 Å². The summed E-state index contributed by atoms with van der Waals surface area (Å²) in [5.41, 5.74) is 1.94. The smallest absolute Gasteiger partial charge is 0.0893 e. The summed E-state index contributed by atoms with van der Waals surface area (Å²) >= 11 is 3.52. The van der Waals surface area contributed by atoms with Gasteiger partial charge in [-0.1, -0.05) is 15.9 Å². The summed E-state index contributed by atoms with van der Waals surface area (Å²) < 4.78 is 12.3. The zero-order valence-corrected chi connectivity index (χ0v) is 13.6. The quantitative estimate of drug-likeness (QED) is 0.914. The van der Waals surface area contributed by atoms with Gasteiger partial charge in [0.25, 0.3) is 0 Å². The Morgan fingerprint density at radius 1 is 1.33 bits per heavy atom. The maximum atomic E-state index is 5.77. The predicted molar refractivity (Wildman–Crippen MR) is 87.7 cm³/mol. The van der Waals surface area contributed by atoms with Crippen LogP contribution in [0.15, 0.2) is 34.9 Å². The summed E-state index contributed by atoms with van der Waals surface area (Å²) in [6.07, 6.45) is 3.68. The predicted octanol–water partition coefficient (Wildman–Crippen LogP) is 3.60. The fourth-order valence-corrected chi connectivity index (χ4v) is 3.09. The van der Waals surface area contributed by atoms with Crippen molar-refractivity contribution in [1.29, 1.82) is 0 Å². The van der Waals surface area contributed by atoms with E-state index in [-0.39, 0.29) is 5.60 Å². The number of nitrogens with one attached hydrogen (secondary N) is 1. The number of benzene rings is 1. The molecule has 5 heteroatoms. The van der Waals surface area contributed by atoms with Gasteiger partial charge in [0.1, 0.15) is 0 Å². The molecule has 1 aromatic carbocycles. The third-order valence-electron chi connectivity index (χ3n) is 4.14. The third kappa shape index (κ3) is 3.20. The molecule has 0 spiro atoms. The molecule has 0 saturated carbocycles. The van der Waals surface area contributed by atoms with Crippen molar-refractivity contribution in [3.8, 4) is 0 Å². The molecule has 1 aliphatic rings. The van der Waals surface area contributed by atoms with Crippen molar-refractivity contribution in [3.05, 3.63) is 34.9 Å². The fraction of sp³-hybridized carbons (Fsp3) is 0.438. The van der Waals surface area contributed by atoms with Crippen LogP contribution in [0.1, 0.15) is 12.8 Å². The van der Waals surface area contributed by atoms with E-state index in [1.807, 2.05) is 24.4 Å². The molecule has 1 aliphatic heterocycles. The summed E-state index contributed by atoms with van der Waals surface area (Å²) in [5.74, 6) is 0. The first-order valence-corrected chi connectivity index (χ1v) is 7.93. The highest BCUT2D eigenvalue weighted by atomic mass is 79.9. The number of hydrogen-bond acceptors (Lipinski definition) is 4. The molecule has 2 heterocycles. The van der Waals surface area contributed by atoms with Crippen LogP contribution in [0.2, 0.25) is 0 Å². The van der Waals surface area contributed by atoms with E-state index in [0.29, 0.717) is 0 Å². The maximum absolute atomic E-state index is 5.77. The van der Waals surface area contributed by atoms with Gasteiger partial charge in [0.2, 0.25) is 0 Å². The van der Waals surface area contributed by atoms with Gasteiger partial charge < -0.3 is 14.8 Å². The Kier molecular flexibility index (Phi) is 4.42. The number of methoxy groups -OCH3 is 1. The SMILES string of the molecule is COC1(CNc2ccnc3ccc(Br)cc23)CCOCC1. The Morgan fingerprint density at radius 3 is 2.90 bits per heavy atom. The topological polar surface area (TPSA) is 43.4 Å². The fourth-order valence-electron chi connectivity index (χ4n) is 2.73. The largest absolute Gasteiger partial charge is 0.382 e. The lowest BCUT2D eigenvalue weighted by molar-refractivity contribution is -0.0807. The second kappa shape index (κ2) is 6.30. The van der Waals surface area contributed by atoms with E-state index in [4.69, 9.17) is 9.47 Å². The minimum absolute atomic E-state index is 0.139. The Bertz CT molecular complexity index is 627. The van der Waals surface area contributed by atoms with E-state index in [1.165, 1.54) is 0 Å². The van der Waals surface area contributed by atoms with Crippen molar-refractivity contribution in [3.63, 3.8) is 0 Å². The molecular formula is C16H19BrN2O2. The van der Waals surface area contributed by atoms with Gasteiger partial charge >= 0.3 is 0 Å². The first kappa shape index (κ1) is 14.8. The van der Waals surface area contributed by atoms with E-state index < -0.39 is 0 Å². The number of nitrogens with zero attached hydrogens (tertiary/aromatic N) is 1. The van der Waals surface area contributed by atoms with Crippen molar-refractivity contribution in [1.82, 2.24) is 4.98 Å². The number of aromatic nitrogens is 1. The van der Waals surface area contributed by atoms with Crippen LogP contribution >= 0.6 is 15.9 Å². The van der Waals surface area contributed by atoms with E-state index in [0.717, 1.165) is 53.7 Å². The molecule has 21 heavy (non-hydrogen) atoms. The molecule has 1 N–H and O–H groups in total. The van der Waals surface area contributed by atoms with Crippen molar-refractivity contribution >= 4 is 32.5 Å². The van der Waals surface area contributed by atoms with Crippen molar-refractivity contribution in [2.75, 3.05) is 32.2 Å². The van der Waals surface area contributed by atoms with Gasteiger partial charge in [0.05, 0.1) is 11.1 Å². The molecule has 4 nitrogen and oxygen atoms in total. The maximum Gasteiger partial charge on any atom is 0.0893 e. The third-order valence-corrected chi connectivity index (χ3v) is 4.63. The average molecular weight is 351 g/mol. The van der Waals surface area contributed by atoms with Crippen LogP contribution in [0.4, 0.5) is 5.69 Å². The van der Waals surface area contributed by atoms with Crippen LogP contribution < -0.4 is 5.32 Å². The number of anilines is 1. The summed E-state index contributed by atoms with van der Waals surface area (Å²) in [5, 5.41) is 4.65. The lowest BCUT2D eigenvalue weighted by Crippen LogP contribution is -2.44. The zero-order chi connectivity index (χ0) is 14.7. The number of rotatable bonds is 4. The Morgan fingerprint density at radius 2 is 2.14 bits per heavy atom. The number of fused-ring (bicyclic) bond motifs is 1. The number of hydrogen-bond donors (Lipinski definition) is 1. The van der Waals surface area contributed by atoms with E-state index >= 15 is 0 Å². The lowest BCUT2D eigenvalue weighted by Gasteiger charge is -2.36. The molecule has 0 bridgehead atoms. The van der Waals surface area contributed by atoms with Crippen LogP contribution in [-0.2, 0) is 9.47 Å². The molecule has 2 aromatic rings. The van der Waals surface area contributed by atoms with Crippen molar-refractivity contribution in [2.24, 2.45) is 0 Å². The Hall–Kier alpha value is -1.17. The van der Waals surface area contributed by atoms with E-state index in [9.17, 15) is 0 Å². The standard InChI is InChI=1S/C16H19BrN2O2/c1-20-16(5-8-21-9-6-16)11-19-15-4-7-18-14-3-2-12(17)10-13(14)15/h2-4,7,10H,5-6,8-9,11H2,1H3,(H,18,19). The molecule has 112 valence electrons. The number of halogens is 1. The molecule has 1 saturated heterocycles. The van der Waals surface area contributed by atoms with Gasteiger partial charge in [0, 0.05) is 61.5 Å². The minimum atomic E-state index is -0.139. The van der Waals surface area contributed by atoms with Crippen molar-refractivity contribution in [2.45, 2.75) is 18.4 Å². The molecule has 0 radical (unpaired) electrons. The number of ether oxygens (including phenoxy) is 2. The summed E-state index contributed by atoms with van der Waals surface area (Å²) in [6, 6.07) is 8.13. The van der Waals surface area contributed by atoms with Gasteiger partial charge in [-0.25, -0.2) is 0 Å². The zero-order valence-electron chi connectivity index (χ0n) is 12.1. The monoisotopic (exact) mass is 350 g/mol. The summed E-state index contributed by atoms with van der Waals surface area (Å²) in [7, 11) is 1.79. The van der Waals surface area contributed by atoms with Crippen LogP contribution in [0.5, 0.6) is 0 Å². The molecule has 0 amide bonds. The molecule has 0 aliphatic carbocycles. The molecule has 1 fully saturated rings. The van der Waals surface area contributed by atoms with Crippen LogP contribution in [-0.4, -0.2) is 37.5 Å². The van der Waals surface area contributed by atoms with Gasteiger partial charge in [-0.3, -0.25) is 4.98 Å². The second-order valence-electron chi connectivity index (χ2n) is 5.37. The minimum Gasteiger partial charge on any atom is -0.382 e. The average Bonchev–Trinajstić information content (AvgIpc) is 2.54. The highest BCUT2D eigenvalue weighted by molar-refractivity contribution is 9.10. The van der Waals surface area contributed by atoms with Crippen molar-refractivity contribution < 1.29 is 9.47 Å². The first-order chi connectivity index (χ1) is 10.2. The Labute approximate surface area is 133 Å². The van der Waals surface area contributed by atoms with Gasteiger partial charge in [-0.2, -0.15) is 0 Å². The normalized spacial score (nSPS) is 17.8. The highest BCUT2D eigenvalue weighted by Gasteiger charge is 2.32. The van der Waals surface area contributed by atoms with Gasteiger partial charge in [-0.15, -0.1) is 0 Å². The molecule has 0 atom stereocenters.